The number of aromatic nitrogens is 1. The van der Waals surface area contributed by atoms with Crippen LogP contribution in [0.2, 0.25) is 0 Å². The monoisotopic (exact) mass is 242 g/mol. The van der Waals surface area contributed by atoms with Crippen molar-refractivity contribution in [1.82, 2.24) is 5.16 Å². The van der Waals surface area contributed by atoms with Gasteiger partial charge in [0.25, 0.3) is 0 Å². The van der Waals surface area contributed by atoms with E-state index in [9.17, 15) is 4.79 Å². The van der Waals surface area contributed by atoms with Crippen molar-refractivity contribution in [1.29, 1.82) is 5.26 Å². The third-order valence-corrected chi connectivity index (χ3v) is 2.43. The maximum atomic E-state index is 11.9. The van der Waals surface area contributed by atoms with Gasteiger partial charge in [0, 0.05) is 0 Å². The first kappa shape index (κ1) is 11.9. The van der Waals surface area contributed by atoms with Crippen LogP contribution in [0.25, 0.3) is 0 Å². The minimum absolute atomic E-state index is 0.333. The van der Waals surface area contributed by atoms with Crippen molar-refractivity contribution in [3.05, 3.63) is 46.8 Å². The molecule has 0 aliphatic rings. The molecule has 0 aliphatic carbocycles. The van der Waals surface area contributed by atoms with Crippen LogP contribution < -0.4 is 4.74 Å². The summed E-state index contributed by atoms with van der Waals surface area (Å²) in [5.41, 5.74) is 1.33. The first-order valence-electron chi connectivity index (χ1n) is 5.27. The summed E-state index contributed by atoms with van der Waals surface area (Å²) in [4.78, 5) is 11.9. The van der Waals surface area contributed by atoms with Crippen molar-refractivity contribution >= 4 is 5.97 Å². The van der Waals surface area contributed by atoms with E-state index in [1.807, 2.05) is 6.07 Å². The quantitative estimate of drug-likeness (QED) is 0.597. The molecule has 0 N–H and O–H groups in total. The molecule has 1 aromatic carbocycles. The molecule has 0 spiro atoms. The zero-order valence-electron chi connectivity index (χ0n) is 9.93. The molecule has 0 radical (unpaired) electrons. The lowest BCUT2D eigenvalue weighted by Crippen LogP contribution is -2.10. The molecular formula is C13H10N2O3. The number of nitrogens with zero attached hydrogens (tertiary/aromatic N) is 2. The third-order valence-electron chi connectivity index (χ3n) is 2.43. The number of ether oxygens (including phenoxy) is 1. The van der Waals surface area contributed by atoms with E-state index >= 15 is 0 Å². The number of hydrogen-bond donors (Lipinski definition) is 0. The van der Waals surface area contributed by atoms with Gasteiger partial charge in [0.15, 0.2) is 0 Å². The lowest BCUT2D eigenvalue weighted by molar-refractivity contribution is 0.0732. The van der Waals surface area contributed by atoms with E-state index in [1.54, 1.807) is 38.1 Å². The number of carbonyl (C=O) groups excluding carboxylic acids is 1. The summed E-state index contributed by atoms with van der Waals surface area (Å²) in [5.74, 6) is 0.279. The second kappa shape index (κ2) is 4.72. The zero-order chi connectivity index (χ0) is 13.1. The summed E-state index contributed by atoms with van der Waals surface area (Å²) in [7, 11) is 0. The Morgan fingerprint density at radius 1 is 1.33 bits per heavy atom. The second-order valence-electron chi connectivity index (χ2n) is 3.72. The standard InChI is InChI=1S/C13H10N2O3/c1-8-12(9(2)18-15-8)13(16)17-11-5-3-10(7-14)4-6-11/h3-6H,1-2H3. The van der Waals surface area contributed by atoms with E-state index in [0.29, 0.717) is 28.3 Å². The molecule has 2 aromatic rings. The maximum absolute atomic E-state index is 11.9. The van der Waals surface area contributed by atoms with Crippen LogP contribution in [0.3, 0.4) is 0 Å². The van der Waals surface area contributed by atoms with Crippen LogP contribution in [0.5, 0.6) is 5.75 Å². The van der Waals surface area contributed by atoms with Crippen LogP contribution in [-0.4, -0.2) is 11.1 Å². The Morgan fingerprint density at radius 3 is 2.50 bits per heavy atom. The lowest BCUT2D eigenvalue weighted by Gasteiger charge is -2.03. The molecule has 0 amide bonds. The van der Waals surface area contributed by atoms with Gasteiger partial charge >= 0.3 is 5.97 Å². The lowest BCUT2D eigenvalue weighted by atomic mass is 10.2. The number of nitriles is 1. The Balaban J connectivity index is 2.19. The summed E-state index contributed by atoms with van der Waals surface area (Å²) in [6.07, 6.45) is 0. The topological polar surface area (TPSA) is 76.1 Å². The molecular weight excluding hydrogens is 232 g/mol. The largest absolute Gasteiger partial charge is 0.423 e. The van der Waals surface area contributed by atoms with Gasteiger partial charge in [0.1, 0.15) is 17.1 Å². The zero-order valence-corrected chi connectivity index (χ0v) is 9.93. The molecule has 0 atom stereocenters. The number of benzene rings is 1. The van der Waals surface area contributed by atoms with E-state index < -0.39 is 5.97 Å². The molecule has 0 aliphatic heterocycles. The minimum Gasteiger partial charge on any atom is -0.423 e. The van der Waals surface area contributed by atoms with Gasteiger partial charge in [-0.1, -0.05) is 5.16 Å². The molecule has 0 saturated carbocycles. The number of hydrogen-bond acceptors (Lipinski definition) is 5. The predicted octanol–water partition coefficient (Wildman–Crippen LogP) is 2.38. The highest BCUT2D eigenvalue weighted by Gasteiger charge is 2.19. The predicted molar refractivity (Wildman–Crippen MR) is 62.1 cm³/mol. The highest BCUT2D eigenvalue weighted by molar-refractivity contribution is 5.93. The molecule has 90 valence electrons. The van der Waals surface area contributed by atoms with Gasteiger partial charge in [-0.05, 0) is 38.1 Å². The summed E-state index contributed by atoms with van der Waals surface area (Å²) in [6, 6.07) is 8.27. The van der Waals surface area contributed by atoms with E-state index in [0.717, 1.165) is 0 Å². The molecule has 0 saturated heterocycles. The molecule has 0 bridgehead atoms. The molecule has 0 fully saturated rings. The Hall–Kier alpha value is -2.61. The Kier molecular flexibility index (Phi) is 3.11. The van der Waals surface area contributed by atoms with E-state index in [-0.39, 0.29) is 0 Å². The summed E-state index contributed by atoms with van der Waals surface area (Å²) >= 11 is 0. The SMILES string of the molecule is Cc1noc(C)c1C(=O)Oc1ccc(C#N)cc1. The van der Waals surface area contributed by atoms with E-state index in [1.165, 1.54) is 0 Å². The smallest absolute Gasteiger partial charge is 0.349 e. The van der Waals surface area contributed by atoms with Crippen LogP contribution in [0.4, 0.5) is 0 Å². The molecule has 5 nitrogen and oxygen atoms in total. The first-order valence-corrected chi connectivity index (χ1v) is 5.27. The van der Waals surface area contributed by atoms with Crippen molar-refractivity contribution in [3.63, 3.8) is 0 Å². The van der Waals surface area contributed by atoms with Crippen molar-refractivity contribution in [2.45, 2.75) is 13.8 Å². The molecule has 1 aromatic heterocycles. The fourth-order valence-electron chi connectivity index (χ4n) is 1.53. The van der Waals surface area contributed by atoms with Crippen LogP contribution in [0.1, 0.15) is 27.4 Å². The van der Waals surface area contributed by atoms with E-state index in [4.69, 9.17) is 14.5 Å². The summed E-state index contributed by atoms with van der Waals surface area (Å²) in [5, 5.41) is 12.3. The third kappa shape index (κ3) is 2.23. The van der Waals surface area contributed by atoms with Gasteiger partial charge in [-0.3, -0.25) is 0 Å². The fourth-order valence-corrected chi connectivity index (χ4v) is 1.53. The van der Waals surface area contributed by atoms with Crippen molar-refractivity contribution < 1.29 is 14.1 Å². The number of carbonyl (C=O) groups is 1. The summed E-state index contributed by atoms with van der Waals surface area (Å²) < 4.78 is 10.1. The number of rotatable bonds is 2. The van der Waals surface area contributed by atoms with Crippen molar-refractivity contribution in [2.24, 2.45) is 0 Å². The molecule has 2 rings (SSSR count). The van der Waals surface area contributed by atoms with Gasteiger partial charge in [-0.25, -0.2) is 4.79 Å². The highest BCUT2D eigenvalue weighted by atomic mass is 16.5. The van der Waals surface area contributed by atoms with Gasteiger partial charge < -0.3 is 9.26 Å². The number of esters is 1. The summed E-state index contributed by atoms with van der Waals surface area (Å²) in [6.45, 7) is 3.32. The average Bonchev–Trinajstić information content (AvgIpc) is 2.70. The Morgan fingerprint density at radius 2 is 2.00 bits per heavy atom. The normalized spacial score (nSPS) is 9.83. The molecule has 18 heavy (non-hydrogen) atoms. The van der Waals surface area contributed by atoms with Crippen LogP contribution in [0.15, 0.2) is 28.8 Å². The highest BCUT2D eigenvalue weighted by Crippen LogP contribution is 2.17. The van der Waals surface area contributed by atoms with Crippen molar-refractivity contribution in [3.8, 4) is 11.8 Å². The Bertz CT molecular complexity index is 601. The van der Waals surface area contributed by atoms with Crippen LogP contribution >= 0.6 is 0 Å². The molecule has 5 heteroatoms. The second-order valence-corrected chi connectivity index (χ2v) is 3.72. The van der Waals surface area contributed by atoms with Gasteiger partial charge in [-0.15, -0.1) is 0 Å². The maximum Gasteiger partial charge on any atom is 0.349 e. The van der Waals surface area contributed by atoms with Gasteiger partial charge in [0.05, 0.1) is 17.3 Å². The van der Waals surface area contributed by atoms with E-state index in [2.05, 4.69) is 5.16 Å². The van der Waals surface area contributed by atoms with Crippen LogP contribution in [-0.2, 0) is 0 Å². The van der Waals surface area contributed by atoms with Gasteiger partial charge in [-0.2, -0.15) is 5.26 Å². The minimum atomic E-state index is -0.518. The number of aryl methyl sites for hydroxylation is 2. The Labute approximate surface area is 104 Å². The van der Waals surface area contributed by atoms with Gasteiger partial charge in [0.2, 0.25) is 0 Å². The molecule has 1 heterocycles. The fraction of sp³-hybridized carbons (Fsp3) is 0.154. The first-order chi connectivity index (χ1) is 8.61. The average molecular weight is 242 g/mol. The van der Waals surface area contributed by atoms with Crippen molar-refractivity contribution in [2.75, 3.05) is 0 Å². The molecule has 0 unspecified atom stereocenters. The van der Waals surface area contributed by atoms with Crippen LogP contribution in [0, 0.1) is 25.2 Å².